The fourth-order valence-electron chi connectivity index (χ4n) is 6.13. The summed E-state index contributed by atoms with van der Waals surface area (Å²) in [5, 5.41) is 14.1. The normalized spacial score (nSPS) is 23.1. The van der Waals surface area contributed by atoms with E-state index in [-0.39, 0.29) is 17.8 Å². The van der Waals surface area contributed by atoms with Crippen LogP contribution in [0.5, 0.6) is 5.75 Å². The number of nitrogens with one attached hydrogen (secondary N) is 1. The fraction of sp³-hybridized carbons (Fsp3) is 0.607. The Bertz CT molecular complexity index is 1130. The summed E-state index contributed by atoms with van der Waals surface area (Å²) in [7, 11) is 0. The first-order chi connectivity index (χ1) is 18.7. The molecule has 1 aliphatic heterocycles. The van der Waals surface area contributed by atoms with Crippen molar-refractivity contribution >= 4 is 17.2 Å². The quantitative estimate of drug-likeness (QED) is 0.315. The van der Waals surface area contributed by atoms with Crippen molar-refractivity contribution in [2.75, 3.05) is 42.9 Å². The van der Waals surface area contributed by atoms with E-state index in [2.05, 4.69) is 20.1 Å². The third kappa shape index (κ3) is 7.12. The van der Waals surface area contributed by atoms with Crippen LogP contribution in [0.4, 0.5) is 30.4 Å². The summed E-state index contributed by atoms with van der Waals surface area (Å²) >= 11 is 0. The number of nitro benzene ring substituents is 1. The lowest BCUT2D eigenvalue weighted by Gasteiger charge is -2.36. The molecule has 2 heterocycles. The average Bonchev–Trinajstić information content (AvgIpc) is 3.43. The van der Waals surface area contributed by atoms with Gasteiger partial charge in [0.1, 0.15) is 17.1 Å². The van der Waals surface area contributed by atoms with Gasteiger partial charge in [-0.05, 0) is 62.6 Å². The van der Waals surface area contributed by atoms with Gasteiger partial charge in [0.25, 0.3) is 5.69 Å². The van der Waals surface area contributed by atoms with Gasteiger partial charge < -0.3 is 15.0 Å². The Morgan fingerprint density at radius 1 is 1.00 bits per heavy atom. The van der Waals surface area contributed by atoms with Gasteiger partial charge in [-0.2, -0.15) is 13.2 Å². The Hall–Kier alpha value is -3.08. The minimum absolute atomic E-state index is 0.0177. The first-order valence-electron chi connectivity index (χ1n) is 14.0. The van der Waals surface area contributed by atoms with Crippen molar-refractivity contribution < 1.29 is 22.8 Å². The number of aromatic nitrogens is 1. The number of hydrogen-bond donors (Lipinski definition) is 1. The highest BCUT2D eigenvalue weighted by atomic mass is 19.4. The Balaban J connectivity index is 1.10. The summed E-state index contributed by atoms with van der Waals surface area (Å²) in [6.45, 7) is 5.24. The zero-order valence-electron chi connectivity index (χ0n) is 22.0. The minimum Gasteiger partial charge on any atom is -0.490 e. The summed E-state index contributed by atoms with van der Waals surface area (Å²) in [5.41, 5.74) is -1.94. The number of rotatable bonds is 8. The van der Waals surface area contributed by atoms with Crippen LogP contribution in [0.3, 0.4) is 0 Å². The van der Waals surface area contributed by atoms with Crippen molar-refractivity contribution in [2.45, 2.75) is 69.7 Å². The molecular formula is C28H36F3N5O3. The number of ether oxygens (including phenoxy) is 1. The zero-order valence-corrected chi connectivity index (χ0v) is 22.0. The van der Waals surface area contributed by atoms with E-state index in [4.69, 9.17) is 4.74 Å². The summed E-state index contributed by atoms with van der Waals surface area (Å²) in [4.78, 5) is 19.5. The molecule has 8 nitrogen and oxygen atoms in total. The number of hydrogen-bond acceptors (Lipinski definition) is 7. The van der Waals surface area contributed by atoms with Crippen molar-refractivity contribution in [3.8, 4) is 5.75 Å². The lowest BCUT2D eigenvalue weighted by molar-refractivity contribution is -0.388. The van der Waals surface area contributed by atoms with Crippen molar-refractivity contribution in [2.24, 2.45) is 5.92 Å². The molecule has 2 aliphatic carbocycles. The first-order valence-corrected chi connectivity index (χ1v) is 14.0. The molecule has 1 aromatic heterocycles. The molecule has 0 radical (unpaired) electrons. The Kier molecular flexibility index (Phi) is 8.44. The fourth-order valence-corrected chi connectivity index (χ4v) is 6.13. The molecule has 212 valence electrons. The van der Waals surface area contributed by atoms with Crippen molar-refractivity contribution in [3.63, 3.8) is 0 Å². The minimum atomic E-state index is -4.79. The van der Waals surface area contributed by atoms with E-state index >= 15 is 0 Å². The molecule has 5 rings (SSSR count). The third-order valence-corrected chi connectivity index (χ3v) is 8.25. The highest BCUT2D eigenvalue weighted by Crippen LogP contribution is 2.38. The largest absolute Gasteiger partial charge is 0.490 e. The van der Waals surface area contributed by atoms with Gasteiger partial charge >= 0.3 is 6.18 Å². The summed E-state index contributed by atoms with van der Waals surface area (Å²) < 4.78 is 46.2. The third-order valence-electron chi connectivity index (χ3n) is 8.25. The van der Waals surface area contributed by atoms with Gasteiger partial charge in [-0.25, -0.2) is 4.98 Å². The number of halogens is 3. The standard InChI is InChI=1S/C28H36F3N5O3/c29-28(30,31)25-17-22(7-10-26(25)36(37)38)33-21-5-8-23(9-6-21)39-24-11-12-32-27(18-24)35-15-13-34(14-16-35)19-20-3-1-2-4-20/h7,10-12,17-18,20-21,23,33H,1-6,8-9,13-16,19H2. The molecule has 39 heavy (non-hydrogen) atoms. The lowest BCUT2D eigenvalue weighted by atomic mass is 9.92. The van der Waals surface area contributed by atoms with Gasteiger partial charge in [0, 0.05) is 62.8 Å². The molecular weight excluding hydrogens is 511 g/mol. The predicted molar refractivity (Wildman–Crippen MR) is 143 cm³/mol. The van der Waals surface area contributed by atoms with Crippen LogP contribution >= 0.6 is 0 Å². The molecule has 1 N–H and O–H groups in total. The van der Waals surface area contributed by atoms with E-state index in [1.807, 2.05) is 12.1 Å². The zero-order chi connectivity index (χ0) is 27.4. The number of nitrogens with zero attached hydrogens (tertiary/aromatic N) is 4. The van der Waals surface area contributed by atoms with Gasteiger partial charge in [0.2, 0.25) is 0 Å². The van der Waals surface area contributed by atoms with Gasteiger partial charge in [-0.15, -0.1) is 0 Å². The molecule has 0 unspecified atom stereocenters. The number of anilines is 2. The number of benzene rings is 1. The van der Waals surface area contributed by atoms with E-state index in [9.17, 15) is 23.3 Å². The summed E-state index contributed by atoms with van der Waals surface area (Å²) in [5.74, 6) is 2.58. The maximum atomic E-state index is 13.3. The second-order valence-electron chi connectivity index (χ2n) is 11.0. The molecule has 0 atom stereocenters. The van der Waals surface area contributed by atoms with Crippen LogP contribution in [0.1, 0.15) is 56.9 Å². The molecule has 3 fully saturated rings. The average molecular weight is 548 g/mol. The second kappa shape index (κ2) is 12.0. The van der Waals surface area contributed by atoms with Gasteiger partial charge in [0.15, 0.2) is 0 Å². The highest BCUT2D eigenvalue weighted by molar-refractivity contribution is 5.55. The van der Waals surface area contributed by atoms with Crippen LogP contribution in [-0.4, -0.2) is 59.7 Å². The highest BCUT2D eigenvalue weighted by Gasteiger charge is 2.38. The lowest BCUT2D eigenvalue weighted by Crippen LogP contribution is -2.47. The summed E-state index contributed by atoms with van der Waals surface area (Å²) in [6.07, 6.45) is 5.47. The predicted octanol–water partition coefficient (Wildman–Crippen LogP) is 6.12. The molecule has 2 aromatic rings. The van der Waals surface area contributed by atoms with Crippen LogP contribution in [0.2, 0.25) is 0 Å². The maximum absolute atomic E-state index is 13.3. The number of piperazine rings is 1. The topological polar surface area (TPSA) is 83.8 Å². The Morgan fingerprint density at radius 3 is 2.38 bits per heavy atom. The monoisotopic (exact) mass is 547 g/mol. The van der Waals surface area contributed by atoms with Crippen LogP contribution in [0.25, 0.3) is 0 Å². The van der Waals surface area contributed by atoms with Crippen molar-refractivity contribution in [1.82, 2.24) is 9.88 Å². The van der Waals surface area contributed by atoms with Crippen LogP contribution in [-0.2, 0) is 6.18 Å². The second-order valence-corrected chi connectivity index (χ2v) is 11.0. The van der Waals surface area contributed by atoms with E-state index in [1.54, 1.807) is 6.20 Å². The molecule has 0 bridgehead atoms. The SMILES string of the molecule is O=[N+]([O-])c1ccc(NC2CCC(Oc3ccnc(N4CCN(CC5CCCC5)CC4)c3)CC2)cc1C(F)(F)F. The smallest absolute Gasteiger partial charge is 0.423 e. The molecule has 1 aromatic carbocycles. The number of nitro groups is 1. The maximum Gasteiger partial charge on any atom is 0.423 e. The summed E-state index contributed by atoms with van der Waals surface area (Å²) in [6, 6.07) is 6.93. The van der Waals surface area contributed by atoms with Gasteiger partial charge in [-0.3, -0.25) is 15.0 Å². The first kappa shape index (κ1) is 27.5. The number of alkyl halides is 3. The molecule has 2 saturated carbocycles. The molecule has 0 amide bonds. The van der Waals surface area contributed by atoms with E-state index in [0.29, 0.717) is 0 Å². The van der Waals surface area contributed by atoms with E-state index in [1.165, 1.54) is 38.3 Å². The van der Waals surface area contributed by atoms with Crippen LogP contribution in [0, 0.1) is 16.0 Å². The molecule has 1 saturated heterocycles. The van der Waals surface area contributed by atoms with Crippen LogP contribution < -0.4 is 15.0 Å². The van der Waals surface area contributed by atoms with Gasteiger partial charge in [0.05, 0.1) is 11.0 Å². The Morgan fingerprint density at radius 2 is 1.72 bits per heavy atom. The van der Waals surface area contributed by atoms with Gasteiger partial charge in [-0.1, -0.05) is 12.8 Å². The molecule has 11 heteroatoms. The Labute approximate surface area is 226 Å². The molecule has 0 spiro atoms. The number of pyridine rings is 1. The van der Waals surface area contributed by atoms with Crippen molar-refractivity contribution in [1.29, 1.82) is 0 Å². The molecule has 3 aliphatic rings. The van der Waals surface area contributed by atoms with Crippen molar-refractivity contribution in [3.05, 3.63) is 52.2 Å². The van der Waals surface area contributed by atoms with E-state index in [0.717, 1.165) is 81.5 Å². The van der Waals surface area contributed by atoms with E-state index < -0.39 is 22.4 Å². The van der Waals surface area contributed by atoms with Crippen LogP contribution in [0.15, 0.2) is 36.5 Å².